The fourth-order valence-electron chi connectivity index (χ4n) is 2.83. The summed E-state index contributed by atoms with van der Waals surface area (Å²) in [6.45, 7) is 0. The minimum Gasteiger partial charge on any atom is -0.506 e. The first kappa shape index (κ1) is 21.2. The van der Waals surface area contributed by atoms with Gasteiger partial charge in [0.2, 0.25) is 0 Å². The van der Waals surface area contributed by atoms with Crippen molar-refractivity contribution >= 4 is 24.9 Å². The molecule has 4 aromatic rings. The monoisotopic (exact) mass is 450 g/mol. The number of para-hydroxylation sites is 3. The Morgan fingerprint density at radius 2 is 1.44 bits per heavy atom. The van der Waals surface area contributed by atoms with E-state index in [2.05, 4.69) is 5.10 Å². The molecule has 0 bridgehead atoms. The van der Waals surface area contributed by atoms with Gasteiger partial charge in [-0.05, 0) is 36.4 Å². The van der Waals surface area contributed by atoms with Gasteiger partial charge in [-0.25, -0.2) is 9.36 Å². The van der Waals surface area contributed by atoms with Crippen LogP contribution in [0.2, 0.25) is 0 Å². The average Bonchev–Trinajstić information content (AvgIpc) is 2.80. The molecule has 1 aromatic heterocycles. The van der Waals surface area contributed by atoms with Gasteiger partial charge in [0.1, 0.15) is 28.4 Å². The van der Waals surface area contributed by atoms with Gasteiger partial charge in [0.25, 0.3) is 0 Å². The second-order valence-corrected chi connectivity index (χ2v) is 8.54. The zero-order chi connectivity index (χ0) is 22.6. The van der Waals surface area contributed by atoms with E-state index in [1.54, 1.807) is 84.9 Å². The summed E-state index contributed by atoms with van der Waals surface area (Å²) in [6.07, 6.45) is 1.06. The molecule has 0 amide bonds. The van der Waals surface area contributed by atoms with Gasteiger partial charge < -0.3 is 18.6 Å². The van der Waals surface area contributed by atoms with Crippen LogP contribution >= 0.6 is 7.75 Å². The highest BCUT2D eigenvalue weighted by atomic mass is 31.2. The van der Waals surface area contributed by atoms with Gasteiger partial charge in [0.05, 0.1) is 11.6 Å². The van der Waals surface area contributed by atoms with Crippen molar-refractivity contribution in [3.05, 3.63) is 101 Å². The molecule has 32 heavy (non-hydrogen) atoms. The minimum absolute atomic E-state index is 0.193. The van der Waals surface area contributed by atoms with E-state index in [0.29, 0.717) is 16.9 Å². The number of aromatic hydroxyl groups is 1. The van der Waals surface area contributed by atoms with E-state index in [1.165, 1.54) is 7.05 Å². The molecule has 0 saturated carbocycles. The Morgan fingerprint density at radius 3 is 2.03 bits per heavy atom. The predicted octanol–water partition coefficient (Wildman–Crippen LogP) is 5.03. The third-order valence-electron chi connectivity index (χ3n) is 4.46. The molecule has 0 atom stereocenters. The molecule has 0 aliphatic carbocycles. The Balaban J connectivity index is 1.69. The van der Waals surface area contributed by atoms with Crippen molar-refractivity contribution < 1.29 is 23.1 Å². The standard InChI is InChI=1S/C23H19N2O6P/c1-25(24-16-20-22(26)19-14-8-9-15-21(19)29-23(20)27)32(28,30-17-10-4-2-5-11-17)31-18-12-6-3-7-13-18/h2-16,26H,1H3/b24-16+. The van der Waals surface area contributed by atoms with E-state index in [1.807, 2.05) is 0 Å². The molecule has 9 heteroatoms. The molecule has 0 aliphatic heterocycles. The van der Waals surface area contributed by atoms with E-state index in [-0.39, 0.29) is 16.9 Å². The maximum Gasteiger partial charge on any atom is 0.559 e. The molecule has 1 N–H and O–H groups in total. The Hall–Kier alpha value is -4.03. The molecule has 0 saturated heterocycles. The van der Waals surface area contributed by atoms with E-state index < -0.39 is 13.4 Å². The van der Waals surface area contributed by atoms with Crippen LogP contribution in [0.15, 0.2) is 99.2 Å². The van der Waals surface area contributed by atoms with Crippen molar-refractivity contribution in [1.82, 2.24) is 4.78 Å². The van der Waals surface area contributed by atoms with Gasteiger partial charge in [0.15, 0.2) is 0 Å². The van der Waals surface area contributed by atoms with Gasteiger partial charge in [-0.1, -0.05) is 48.5 Å². The lowest BCUT2D eigenvalue weighted by atomic mass is 10.1. The largest absolute Gasteiger partial charge is 0.559 e. The summed E-state index contributed by atoms with van der Waals surface area (Å²) in [5, 5.41) is 14.9. The normalized spacial score (nSPS) is 11.5. The highest BCUT2D eigenvalue weighted by molar-refractivity contribution is 7.52. The van der Waals surface area contributed by atoms with Gasteiger partial charge in [0, 0.05) is 7.05 Å². The summed E-state index contributed by atoms with van der Waals surface area (Å²) in [4.78, 5) is 12.3. The molecular formula is C23H19N2O6P. The summed E-state index contributed by atoms with van der Waals surface area (Å²) < 4.78 is 31.2. The van der Waals surface area contributed by atoms with E-state index in [9.17, 15) is 14.5 Å². The van der Waals surface area contributed by atoms with Crippen LogP contribution in [0.5, 0.6) is 17.2 Å². The molecular weight excluding hydrogens is 431 g/mol. The van der Waals surface area contributed by atoms with Crippen molar-refractivity contribution in [1.29, 1.82) is 0 Å². The van der Waals surface area contributed by atoms with Crippen molar-refractivity contribution in [3.8, 4) is 17.2 Å². The molecule has 0 fully saturated rings. The van der Waals surface area contributed by atoms with Gasteiger partial charge in [-0.2, -0.15) is 9.88 Å². The van der Waals surface area contributed by atoms with Crippen LogP contribution < -0.4 is 14.7 Å². The second kappa shape index (κ2) is 8.99. The van der Waals surface area contributed by atoms with Crippen LogP contribution in [0.1, 0.15) is 5.56 Å². The topological polar surface area (TPSA) is 102 Å². The molecule has 4 rings (SSSR count). The molecule has 0 spiro atoms. The molecule has 3 aromatic carbocycles. The third kappa shape index (κ3) is 4.50. The highest BCUT2D eigenvalue weighted by Crippen LogP contribution is 2.51. The summed E-state index contributed by atoms with van der Waals surface area (Å²) in [5.41, 5.74) is -0.742. The van der Waals surface area contributed by atoms with Crippen molar-refractivity contribution in [2.24, 2.45) is 5.10 Å². The first-order valence-electron chi connectivity index (χ1n) is 9.58. The number of benzene rings is 3. The first-order chi connectivity index (χ1) is 15.5. The lowest BCUT2D eigenvalue weighted by molar-refractivity contribution is 0.312. The van der Waals surface area contributed by atoms with Gasteiger partial charge >= 0.3 is 13.4 Å². The first-order valence-corrected chi connectivity index (χ1v) is 11.1. The number of fused-ring (bicyclic) bond motifs is 1. The predicted molar refractivity (Wildman–Crippen MR) is 121 cm³/mol. The quantitative estimate of drug-likeness (QED) is 0.182. The molecule has 1 heterocycles. The molecule has 0 unspecified atom stereocenters. The number of hydrogen-bond acceptors (Lipinski definition) is 7. The van der Waals surface area contributed by atoms with Crippen LogP contribution in [0, 0.1) is 0 Å². The van der Waals surface area contributed by atoms with Crippen molar-refractivity contribution in [2.45, 2.75) is 0 Å². The number of rotatable bonds is 7. The molecule has 8 nitrogen and oxygen atoms in total. The molecule has 0 radical (unpaired) electrons. The maximum absolute atomic E-state index is 13.7. The third-order valence-corrected chi connectivity index (χ3v) is 6.15. The lowest BCUT2D eigenvalue weighted by Crippen LogP contribution is -2.18. The fraction of sp³-hybridized carbons (Fsp3) is 0.0435. The highest BCUT2D eigenvalue weighted by Gasteiger charge is 2.34. The Kier molecular flexibility index (Phi) is 5.96. The Labute approximate surface area is 183 Å². The van der Waals surface area contributed by atoms with Crippen molar-refractivity contribution in [3.63, 3.8) is 0 Å². The lowest BCUT2D eigenvalue weighted by Gasteiger charge is -2.24. The summed E-state index contributed by atoms with van der Waals surface area (Å²) in [6, 6.07) is 23.6. The zero-order valence-corrected chi connectivity index (χ0v) is 17.9. The van der Waals surface area contributed by atoms with Crippen LogP contribution in [0.3, 0.4) is 0 Å². The smallest absolute Gasteiger partial charge is 0.506 e. The van der Waals surface area contributed by atoms with E-state index >= 15 is 0 Å². The summed E-state index contributed by atoms with van der Waals surface area (Å²) in [7, 11) is -2.67. The fourth-order valence-corrected chi connectivity index (χ4v) is 4.06. The summed E-state index contributed by atoms with van der Waals surface area (Å²) >= 11 is 0. The SMILES string of the molecule is CN(/N=C/c1c(O)c2ccccc2oc1=O)P(=O)(Oc1ccccc1)Oc1ccccc1. The zero-order valence-electron chi connectivity index (χ0n) is 17.0. The molecule has 0 aliphatic rings. The van der Waals surface area contributed by atoms with Crippen LogP contribution in [0.4, 0.5) is 0 Å². The number of nitrogens with zero attached hydrogens (tertiary/aromatic N) is 2. The van der Waals surface area contributed by atoms with E-state index in [4.69, 9.17) is 13.5 Å². The number of hydrazone groups is 1. The Morgan fingerprint density at radius 1 is 0.906 bits per heavy atom. The second-order valence-electron chi connectivity index (χ2n) is 6.66. The Bertz CT molecular complexity index is 1310. The van der Waals surface area contributed by atoms with Gasteiger partial charge in [-0.3, -0.25) is 0 Å². The van der Waals surface area contributed by atoms with Crippen LogP contribution in [0.25, 0.3) is 11.0 Å². The van der Waals surface area contributed by atoms with Crippen LogP contribution in [-0.4, -0.2) is 23.1 Å². The number of hydrogen-bond donors (Lipinski definition) is 1. The summed E-state index contributed by atoms with van der Waals surface area (Å²) in [5.74, 6) is 0.320. The van der Waals surface area contributed by atoms with Gasteiger partial charge in [-0.15, -0.1) is 0 Å². The average molecular weight is 450 g/mol. The molecule has 162 valence electrons. The maximum atomic E-state index is 13.7. The van der Waals surface area contributed by atoms with E-state index in [0.717, 1.165) is 11.0 Å². The van der Waals surface area contributed by atoms with Crippen LogP contribution in [-0.2, 0) is 4.57 Å². The van der Waals surface area contributed by atoms with Crippen molar-refractivity contribution in [2.75, 3.05) is 7.05 Å². The minimum atomic E-state index is -4.05.